The molecule has 0 bridgehead atoms. The highest BCUT2D eigenvalue weighted by atomic mass is 19.4. The predicted molar refractivity (Wildman–Crippen MR) is 85.2 cm³/mol. The lowest BCUT2D eigenvalue weighted by Crippen LogP contribution is -2.35. The van der Waals surface area contributed by atoms with E-state index in [9.17, 15) is 13.2 Å². The molecule has 2 rings (SSSR count). The van der Waals surface area contributed by atoms with E-state index in [1.807, 2.05) is 24.9 Å². The summed E-state index contributed by atoms with van der Waals surface area (Å²) in [5.41, 5.74) is 1.73. The van der Waals surface area contributed by atoms with Gasteiger partial charge >= 0.3 is 6.36 Å². The van der Waals surface area contributed by atoms with Gasteiger partial charge in [-0.15, -0.1) is 13.2 Å². The Morgan fingerprint density at radius 3 is 2.74 bits per heavy atom. The molecule has 6 heteroatoms. The quantitative estimate of drug-likeness (QED) is 0.857. The summed E-state index contributed by atoms with van der Waals surface area (Å²) in [4.78, 5) is 2.03. The Hall–Kier alpha value is -2.11. The molecule has 3 nitrogen and oxygen atoms in total. The summed E-state index contributed by atoms with van der Waals surface area (Å²) in [5.74, 6) is -0.205. The highest BCUT2D eigenvalue weighted by Gasteiger charge is 2.31. The number of nitrogens with one attached hydrogen (secondary N) is 1. The normalized spacial score (nSPS) is 15.0. The van der Waals surface area contributed by atoms with E-state index in [-0.39, 0.29) is 11.8 Å². The smallest absolute Gasteiger partial charge is 0.406 e. The second-order valence-electron chi connectivity index (χ2n) is 5.62. The van der Waals surface area contributed by atoms with Gasteiger partial charge in [0.1, 0.15) is 5.75 Å². The third kappa shape index (κ3) is 5.54. The number of alkyl halides is 3. The van der Waals surface area contributed by atoms with Crippen LogP contribution >= 0.6 is 0 Å². The first-order valence-electron chi connectivity index (χ1n) is 7.58. The van der Waals surface area contributed by atoms with Crippen LogP contribution in [0.25, 0.3) is 0 Å². The average Bonchev–Trinajstić information content (AvgIpc) is 2.71. The Bertz CT molecular complexity index is 579. The van der Waals surface area contributed by atoms with Crippen molar-refractivity contribution in [2.45, 2.75) is 39.1 Å². The zero-order valence-corrected chi connectivity index (χ0v) is 13.2. The Balaban J connectivity index is 2.18. The molecule has 0 saturated carbocycles. The minimum Gasteiger partial charge on any atom is -0.406 e. The van der Waals surface area contributed by atoms with Gasteiger partial charge in [-0.05, 0) is 45.0 Å². The average molecular weight is 326 g/mol. The molecule has 0 radical (unpaired) electrons. The first-order chi connectivity index (χ1) is 10.8. The number of anilines is 1. The van der Waals surface area contributed by atoms with Crippen LogP contribution in [-0.2, 0) is 0 Å². The molecule has 0 aliphatic carbocycles. The van der Waals surface area contributed by atoms with Crippen molar-refractivity contribution in [3.63, 3.8) is 0 Å². The van der Waals surface area contributed by atoms with Crippen molar-refractivity contribution >= 4 is 5.69 Å². The summed E-state index contributed by atoms with van der Waals surface area (Å²) >= 11 is 0. The number of halogens is 3. The zero-order chi connectivity index (χ0) is 16.9. The van der Waals surface area contributed by atoms with Crippen molar-refractivity contribution in [1.29, 1.82) is 0 Å². The molecule has 126 valence electrons. The van der Waals surface area contributed by atoms with E-state index in [1.54, 1.807) is 12.1 Å². The standard InChI is InChI=1S/C17H21F3N2O/c1-13(2)22(12-14-7-4-3-5-10-21-14)15-8-6-9-16(11-15)23-17(18,19)20/h5-11,13,21H,3-4,12H2,1-2H3. The maximum Gasteiger partial charge on any atom is 0.573 e. The largest absolute Gasteiger partial charge is 0.573 e. The third-order valence-corrected chi connectivity index (χ3v) is 3.46. The number of benzene rings is 1. The molecule has 0 unspecified atom stereocenters. The number of ether oxygens (including phenoxy) is 1. The first kappa shape index (κ1) is 17.2. The number of hydrogen-bond acceptors (Lipinski definition) is 3. The van der Waals surface area contributed by atoms with Gasteiger partial charge in [-0.25, -0.2) is 0 Å². The molecular weight excluding hydrogens is 305 g/mol. The predicted octanol–water partition coefficient (Wildman–Crippen LogP) is 4.58. The minimum atomic E-state index is -4.68. The molecular formula is C17H21F3N2O. The van der Waals surface area contributed by atoms with Gasteiger partial charge in [-0.3, -0.25) is 0 Å². The third-order valence-electron chi connectivity index (χ3n) is 3.46. The van der Waals surface area contributed by atoms with E-state index in [0.717, 1.165) is 18.5 Å². The summed E-state index contributed by atoms with van der Waals surface area (Å²) in [7, 11) is 0. The first-order valence-corrected chi connectivity index (χ1v) is 7.58. The van der Waals surface area contributed by atoms with Crippen LogP contribution in [0, 0.1) is 0 Å². The second-order valence-corrected chi connectivity index (χ2v) is 5.62. The second kappa shape index (κ2) is 7.44. The van der Waals surface area contributed by atoms with Crippen LogP contribution < -0.4 is 15.0 Å². The molecule has 1 aromatic carbocycles. The molecule has 23 heavy (non-hydrogen) atoms. The molecule has 1 aliphatic heterocycles. The molecule has 1 N–H and O–H groups in total. The molecule has 0 spiro atoms. The number of rotatable bonds is 5. The molecule has 1 aliphatic rings. The molecule has 0 aromatic heterocycles. The van der Waals surface area contributed by atoms with Crippen molar-refractivity contribution in [1.82, 2.24) is 5.32 Å². The molecule has 0 amide bonds. The number of allylic oxidation sites excluding steroid dienone is 2. The van der Waals surface area contributed by atoms with Gasteiger partial charge in [0.05, 0.1) is 6.54 Å². The molecule has 0 saturated heterocycles. The van der Waals surface area contributed by atoms with Crippen molar-refractivity contribution in [3.8, 4) is 5.75 Å². The Kier molecular flexibility index (Phi) is 5.58. The Morgan fingerprint density at radius 2 is 2.04 bits per heavy atom. The van der Waals surface area contributed by atoms with Crippen LogP contribution in [0.1, 0.15) is 26.7 Å². The molecule has 0 atom stereocenters. The van der Waals surface area contributed by atoms with Crippen molar-refractivity contribution in [3.05, 3.63) is 48.3 Å². The van der Waals surface area contributed by atoms with E-state index in [2.05, 4.69) is 22.2 Å². The van der Waals surface area contributed by atoms with Crippen LogP contribution in [0.15, 0.2) is 48.3 Å². The van der Waals surface area contributed by atoms with E-state index in [4.69, 9.17) is 0 Å². The number of nitrogens with zero attached hydrogens (tertiary/aromatic N) is 1. The summed E-state index contributed by atoms with van der Waals surface area (Å²) in [6.07, 6.45) is 3.32. The van der Waals surface area contributed by atoms with Crippen LogP contribution in [0.4, 0.5) is 18.9 Å². The molecule has 1 heterocycles. The fraction of sp³-hybridized carbons (Fsp3) is 0.412. The maximum atomic E-state index is 12.4. The van der Waals surface area contributed by atoms with Crippen molar-refractivity contribution < 1.29 is 17.9 Å². The highest BCUT2D eigenvalue weighted by molar-refractivity contribution is 5.52. The van der Waals surface area contributed by atoms with Crippen molar-refractivity contribution in [2.24, 2.45) is 0 Å². The van der Waals surface area contributed by atoms with Crippen LogP contribution in [0.5, 0.6) is 5.75 Å². The van der Waals surface area contributed by atoms with E-state index < -0.39 is 6.36 Å². The highest BCUT2D eigenvalue weighted by Crippen LogP contribution is 2.28. The summed E-state index contributed by atoms with van der Waals surface area (Å²) in [6, 6.07) is 6.21. The number of hydrogen-bond donors (Lipinski definition) is 1. The van der Waals surface area contributed by atoms with Crippen molar-refractivity contribution in [2.75, 3.05) is 11.4 Å². The van der Waals surface area contributed by atoms with Crippen LogP contribution in [-0.4, -0.2) is 18.9 Å². The summed E-state index contributed by atoms with van der Waals surface area (Å²) in [6.45, 7) is 4.60. The Morgan fingerprint density at radius 1 is 1.26 bits per heavy atom. The molecule has 0 fully saturated rings. The maximum absolute atomic E-state index is 12.4. The Labute approximate surface area is 134 Å². The van der Waals surface area contributed by atoms with Gasteiger partial charge < -0.3 is 15.0 Å². The van der Waals surface area contributed by atoms with Crippen LogP contribution in [0.3, 0.4) is 0 Å². The van der Waals surface area contributed by atoms with Gasteiger partial charge in [0.15, 0.2) is 0 Å². The van der Waals surface area contributed by atoms with Crippen LogP contribution in [0.2, 0.25) is 0 Å². The fourth-order valence-corrected chi connectivity index (χ4v) is 2.39. The zero-order valence-electron chi connectivity index (χ0n) is 13.2. The van der Waals surface area contributed by atoms with E-state index in [0.29, 0.717) is 12.2 Å². The fourth-order valence-electron chi connectivity index (χ4n) is 2.39. The topological polar surface area (TPSA) is 24.5 Å². The van der Waals surface area contributed by atoms with Gasteiger partial charge in [0.2, 0.25) is 0 Å². The van der Waals surface area contributed by atoms with Gasteiger partial charge in [-0.2, -0.15) is 0 Å². The van der Waals surface area contributed by atoms with Gasteiger partial charge in [0, 0.05) is 23.5 Å². The van der Waals surface area contributed by atoms with Gasteiger partial charge in [0.25, 0.3) is 0 Å². The van der Waals surface area contributed by atoms with E-state index >= 15 is 0 Å². The SMILES string of the molecule is CC(C)N(CC1=CCCC=CN1)c1cccc(OC(F)(F)F)c1. The lowest BCUT2D eigenvalue weighted by Gasteiger charge is -2.30. The lowest BCUT2D eigenvalue weighted by molar-refractivity contribution is -0.274. The monoisotopic (exact) mass is 326 g/mol. The summed E-state index contributed by atoms with van der Waals surface area (Å²) in [5, 5.41) is 3.22. The summed E-state index contributed by atoms with van der Waals surface area (Å²) < 4.78 is 41.2. The molecule has 1 aromatic rings. The van der Waals surface area contributed by atoms with Gasteiger partial charge in [-0.1, -0.05) is 18.2 Å². The van der Waals surface area contributed by atoms with E-state index in [1.165, 1.54) is 12.1 Å². The minimum absolute atomic E-state index is 0.131. The lowest BCUT2D eigenvalue weighted by atomic mass is 10.2.